The fourth-order valence-electron chi connectivity index (χ4n) is 1.75. The highest BCUT2D eigenvalue weighted by molar-refractivity contribution is 7.09. The van der Waals surface area contributed by atoms with Gasteiger partial charge in [-0.05, 0) is 0 Å². The molecule has 18 heavy (non-hydrogen) atoms. The third kappa shape index (κ3) is 3.90. The minimum Gasteiger partial charge on any atom is -0.379 e. The van der Waals surface area contributed by atoms with Crippen LogP contribution in [-0.2, 0) is 10.2 Å². The molecule has 0 saturated carbocycles. The van der Waals surface area contributed by atoms with Crippen molar-refractivity contribution >= 4 is 16.7 Å². The first-order valence-electron chi connectivity index (χ1n) is 6.44. The normalized spacial score (nSPS) is 17.9. The van der Waals surface area contributed by atoms with E-state index in [0.717, 1.165) is 50.3 Å². The highest BCUT2D eigenvalue weighted by Crippen LogP contribution is 2.22. The summed E-state index contributed by atoms with van der Waals surface area (Å²) in [6, 6.07) is 0. The predicted molar refractivity (Wildman–Crippen MR) is 74.4 cm³/mol. The number of hydrogen-bond donors (Lipinski definition) is 1. The summed E-state index contributed by atoms with van der Waals surface area (Å²) in [6.45, 7) is 12.1. The van der Waals surface area contributed by atoms with Gasteiger partial charge in [0.2, 0.25) is 5.13 Å². The van der Waals surface area contributed by atoms with E-state index in [2.05, 4.69) is 40.3 Å². The average Bonchev–Trinajstić information content (AvgIpc) is 2.79. The van der Waals surface area contributed by atoms with Crippen LogP contribution in [0, 0.1) is 0 Å². The van der Waals surface area contributed by atoms with Gasteiger partial charge in [0, 0.05) is 43.1 Å². The molecule has 0 spiro atoms. The Bertz CT molecular complexity index is 368. The molecule has 0 bridgehead atoms. The lowest BCUT2D eigenvalue weighted by Gasteiger charge is -2.26. The number of aromatic nitrogens is 2. The van der Waals surface area contributed by atoms with Crippen molar-refractivity contribution in [3.05, 3.63) is 5.82 Å². The molecule has 0 amide bonds. The van der Waals surface area contributed by atoms with E-state index in [-0.39, 0.29) is 5.41 Å². The number of nitrogens with zero attached hydrogens (tertiary/aromatic N) is 3. The molecule has 1 N–H and O–H groups in total. The van der Waals surface area contributed by atoms with Crippen molar-refractivity contribution in [1.29, 1.82) is 0 Å². The van der Waals surface area contributed by atoms with Crippen LogP contribution in [0.25, 0.3) is 0 Å². The number of rotatable bonds is 4. The fraction of sp³-hybridized carbons (Fsp3) is 0.833. The van der Waals surface area contributed by atoms with Crippen LogP contribution in [0.2, 0.25) is 0 Å². The molecule has 1 fully saturated rings. The first-order chi connectivity index (χ1) is 8.55. The summed E-state index contributed by atoms with van der Waals surface area (Å²) < 4.78 is 9.71. The van der Waals surface area contributed by atoms with Crippen LogP contribution in [0.3, 0.4) is 0 Å². The van der Waals surface area contributed by atoms with Gasteiger partial charge in [-0.1, -0.05) is 20.8 Å². The van der Waals surface area contributed by atoms with Gasteiger partial charge in [-0.2, -0.15) is 4.37 Å². The number of morpholine rings is 1. The summed E-state index contributed by atoms with van der Waals surface area (Å²) in [4.78, 5) is 6.92. The summed E-state index contributed by atoms with van der Waals surface area (Å²) in [5, 5.41) is 4.27. The van der Waals surface area contributed by atoms with Crippen LogP contribution < -0.4 is 5.32 Å². The van der Waals surface area contributed by atoms with Gasteiger partial charge < -0.3 is 10.1 Å². The van der Waals surface area contributed by atoms with Crippen molar-refractivity contribution in [3.63, 3.8) is 0 Å². The average molecular weight is 270 g/mol. The summed E-state index contributed by atoms with van der Waals surface area (Å²) in [7, 11) is 0. The number of hydrogen-bond acceptors (Lipinski definition) is 6. The Kier molecular flexibility index (Phi) is 4.53. The molecule has 0 aromatic carbocycles. The molecule has 1 saturated heterocycles. The third-order valence-electron chi connectivity index (χ3n) is 2.90. The van der Waals surface area contributed by atoms with Gasteiger partial charge in [-0.25, -0.2) is 4.98 Å². The second-order valence-electron chi connectivity index (χ2n) is 5.55. The molecule has 0 radical (unpaired) electrons. The molecule has 2 rings (SSSR count). The van der Waals surface area contributed by atoms with E-state index in [0.29, 0.717) is 0 Å². The van der Waals surface area contributed by atoms with Gasteiger partial charge in [0.05, 0.1) is 13.2 Å². The van der Waals surface area contributed by atoms with Crippen molar-refractivity contribution < 1.29 is 4.74 Å². The highest BCUT2D eigenvalue weighted by Gasteiger charge is 2.19. The van der Waals surface area contributed by atoms with Crippen molar-refractivity contribution in [2.24, 2.45) is 0 Å². The van der Waals surface area contributed by atoms with Crippen molar-refractivity contribution in [2.75, 3.05) is 44.7 Å². The van der Waals surface area contributed by atoms with Gasteiger partial charge in [0.1, 0.15) is 5.82 Å². The second kappa shape index (κ2) is 5.95. The molecule has 1 aromatic heterocycles. The Balaban J connectivity index is 1.74. The molecule has 0 unspecified atom stereocenters. The Morgan fingerprint density at radius 3 is 2.67 bits per heavy atom. The second-order valence-corrected chi connectivity index (χ2v) is 6.31. The van der Waals surface area contributed by atoms with Gasteiger partial charge in [0.25, 0.3) is 0 Å². The zero-order valence-electron chi connectivity index (χ0n) is 11.4. The van der Waals surface area contributed by atoms with Gasteiger partial charge in [0.15, 0.2) is 0 Å². The summed E-state index contributed by atoms with van der Waals surface area (Å²) in [5.74, 6) is 0.918. The molecule has 1 aliphatic heterocycles. The molecular formula is C12H22N4OS. The Hall–Kier alpha value is -0.720. The third-order valence-corrected chi connectivity index (χ3v) is 3.58. The van der Waals surface area contributed by atoms with Crippen molar-refractivity contribution in [2.45, 2.75) is 26.2 Å². The summed E-state index contributed by atoms with van der Waals surface area (Å²) >= 11 is 1.45. The lowest BCUT2D eigenvalue weighted by molar-refractivity contribution is 0.0398. The van der Waals surface area contributed by atoms with E-state index in [1.807, 2.05) is 0 Å². The van der Waals surface area contributed by atoms with Crippen LogP contribution in [0.4, 0.5) is 5.13 Å². The molecule has 1 aromatic rings. The zero-order chi connectivity index (χ0) is 13.0. The quantitative estimate of drug-likeness (QED) is 0.900. The Morgan fingerprint density at radius 1 is 1.33 bits per heavy atom. The van der Waals surface area contributed by atoms with E-state index in [1.54, 1.807) is 0 Å². The topological polar surface area (TPSA) is 50.3 Å². The number of ether oxygens (including phenoxy) is 1. The summed E-state index contributed by atoms with van der Waals surface area (Å²) in [5.41, 5.74) is 0.0284. The summed E-state index contributed by atoms with van der Waals surface area (Å²) in [6.07, 6.45) is 0. The van der Waals surface area contributed by atoms with Crippen LogP contribution in [0.15, 0.2) is 0 Å². The molecule has 5 nitrogen and oxygen atoms in total. The van der Waals surface area contributed by atoms with Gasteiger partial charge in [-0.3, -0.25) is 4.90 Å². The van der Waals surface area contributed by atoms with Crippen molar-refractivity contribution in [3.8, 4) is 0 Å². The van der Waals surface area contributed by atoms with Crippen molar-refractivity contribution in [1.82, 2.24) is 14.3 Å². The maximum Gasteiger partial charge on any atom is 0.202 e. The predicted octanol–water partition coefficient (Wildman–Crippen LogP) is 1.58. The minimum absolute atomic E-state index is 0.0284. The highest BCUT2D eigenvalue weighted by atomic mass is 32.1. The van der Waals surface area contributed by atoms with Crippen LogP contribution >= 0.6 is 11.5 Å². The maximum atomic E-state index is 5.32. The lowest BCUT2D eigenvalue weighted by atomic mass is 9.96. The van der Waals surface area contributed by atoms with E-state index in [4.69, 9.17) is 4.74 Å². The standard InChI is InChI=1S/C12H22N4OS/c1-12(2,3)10-14-11(18-15-10)13-4-5-16-6-8-17-9-7-16/h4-9H2,1-3H3,(H,13,14,15). The lowest BCUT2D eigenvalue weighted by Crippen LogP contribution is -2.39. The van der Waals surface area contributed by atoms with E-state index < -0.39 is 0 Å². The van der Waals surface area contributed by atoms with Gasteiger partial charge in [-0.15, -0.1) is 0 Å². The minimum atomic E-state index is 0.0284. The molecule has 0 atom stereocenters. The van der Waals surface area contributed by atoms with Crippen LogP contribution in [0.1, 0.15) is 26.6 Å². The number of nitrogens with one attached hydrogen (secondary N) is 1. The maximum absolute atomic E-state index is 5.32. The molecular weight excluding hydrogens is 248 g/mol. The largest absolute Gasteiger partial charge is 0.379 e. The van der Waals surface area contributed by atoms with Gasteiger partial charge >= 0.3 is 0 Å². The fourth-order valence-corrected chi connectivity index (χ4v) is 2.53. The monoisotopic (exact) mass is 270 g/mol. The van der Waals surface area contributed by atoms with Crippen LogP contribution in [-0.4, -0.2) is 53.7 Å². The molecule has 2 heterocycles. The zero-order valence-corrected chi connectivity index (χ0v) is 12.2. The Morgan fingerprint density at radius 2 is 2.06 bits per heavy atom. The molecule has 0 aliphatic carbocycles. The van der Waals surface area contributed by atoms with E-state index >= 15 is 0 Å². The molecule has 1 aliphatic rings. The number of anilines is 1. The van der Waals surface area contributed by atoms with E-state index in [9.17, 15) is 0 Å². The van der Waals surface area contributed by atoms with Crippen LogP contribution in [0.5, 0.6) is 0 Å². The smallest absolute Gasteiger partial charge is 0.202 e. The first-order valence-corrected chi connectivity index (χ1v) is 7.21. The SMILES string of the molecule is CC(C)(C)c1nsc(NCCN2CCOCC2)n1. The first kappa shape index (κ1) is 13.7. The molecule has 102 valence electrons. The van der Waals surface area contributed by atoms with E-state index in [1.165, 1.54) is 11.5 Å². The molecule has 6 heteroatoms. The Labute approximate surface area is 113 Å².